The fourth-order valence-electron chi connectivity index (χ4n) is 8.19. The van der Waals surface area contributed by atoms with Gasteiger partial charge in [-0.15, -0.1) is 0 Å². The Morgan fingerprint density at radius 3 is 1.24 bits per heavy atom. The van der Waals surface area contributed by atoms with Crippen molar-refractivity contribution in [1.29, 1.82) is 0 Å². The molecule has 0 radical (unpaired) electrons. The van der Waals surface area contributed by atoms with Gasteiger partial charge >= 0.3 is 34.7 Å². The van der Waals surface area contributed by atoms with Crippen LogP contribution in [0.1, 0.15) is 78.1 Å². The van der Waals surface area contributed by atoms with Crippen LogP contribution in [0, 0.1) is 11.8 Å². The first kappa shape index (κ1) is 56.6. The standard InChI is InChI=1S/C11H22O4Si.C11H24O4Si.C11H22O3Si.C9H20O5Si/c1-12-16(13-2,14-3)7-6-9-4-5-10-11(8-9)15-10;1-4-14-16(3,15-5-2)8-6-7-12-9-11-10-13-11;1-12-15(3,13-2)7-6-9-4-5-10-11(8-9)14-10;1-10-15(11-2,12-3)6-4-5-13-7-9-8-14-9/h9-11H,4-8H2,1-3H3;11H,4-10H2,1-3H3;9-11H,4-8H2,1-3H3;9H,4-8H2,1-3H3. The number of rotatable bonds is 30. The molecule has 2 aliphatic carbocycles. The van der Waals surface area contributed by atoms with Crippen LogP contribution in [0.5, 0.6) is 0 Å². The van der Waals surface area contributed by atoms with Crippen LogP contribution in [0.3, 0.4) is 0 Å². The van der Waals surface area contributed by atoms with Crippen LogP contribution < -0.4 is 0 Å². The molecule has 0 spiro atoms. The lowest BCUT2D eigenvalue weighted by Crippen LogP contribution is -2.43. The summed E-state index contributed by atoms with van der Waals surface area (Å²) in [4.78, 5) is 0. The quantitative estimate of drug-likeness (QED) is 0.0423. The van der Waals surface area contributed by atoms with E-state index in [4.69, 9.17) is 72.7 Å². The Morgan fingerprint density at radius 1 is 0.468 bits per heavy atom. The third kappa shape index (κ3) is 21.9. The van der Waals surface area contributed by atoms with Gasteiger partial charge in [-0.2, -0.15) is 0 Å². The van der Waals surface area contributed by atoms with Crippen molar-refractivity contribution in [3.05, 3.63) is 0 Å². The molecule has 20 heteroatoms. The first-order valence-electron chi connectivity index (χ1n) is 23.2. The predicted octanol–water partition coefficient (Wildman–Crippen LogP) is 6.74. The van der Waals surface area contributed by atoms with Crippen molar-refractivity contribution in [3.8, 4) is 0 Å². The topological polar surface area (TPSA) is 161 Å². The van der Waals surface area contributed by atoms with Gasteiger partial charge in [-0.1, -0.05) is 0 Å². The van der Waals surface area contributed by atoms with Crippen LogP contribution >= 0.6 is 0 Å². The molecule has 62 heavy (non-hydrogen) atoms. The Kier molecular flexibility index (Phi) is 27.2. The molecule has 8 atom stereocenters. The molecular formula is C42H88O16Si4. The van der Waals surface area contributed by atoms with Gasteiger partial charge in [0.2, 0.25) is 0 Å². The van der Waals surface area contributed by atoms with E-state index in [0.717, 1.165) is 94.9 Å². The highest BCUT2D eigenvalue weighted by Gasteiger charge is 2.46. The smallest absolute Gasteiger partial charge is 0.398 e. The fraction of sp³-hybridized carbons (Fsp3) is 1.00. The van der Waals surface area contributed by atoms with Crippen LogP contribution in [-0.4, -0.2) is 181 Å². The maximum absolute atomic E-state index is 5.75. The second-order valence-electron chi connectivity index (χ2n) is 17.3. The molecular weight excluding hydrogens is 873 g/mol. The van der Waals surface area contributed by atoms with Gasteiger partial charge in [-0.3, -0.25) is 0 Å². The van der Waals surface area contributed by atoms with Gasteiger partial charge in [0.15, 0.2) is 0 Å². The number of ether oxygens (including phenoxy) is 6. The normalized spacial score (nSPS) is 27.3. The van der Waals surface area contributed by atoms with Gasteiger partial charge in [-0.25, -0.2) is 0 Å². The first-order valence-corrected chi connectivity index (χ1v) is 32.2. The van der Waals surface area contributed by atoms with Gasteiger partial charge in [0.25, 0.3) is 0 Å². The van der Waals surface area contributed by atoms with Crippen LogP contribution in [0.15, 0.2) is 0 Å². The Labute approximate surface area is 379 Å². The lowest BCUT2D eigenvalue weighted by molar-refractivity contribution is 0.100. The maximum Gasteiger partial charge on any atom is 0.500 e. The molecule has 0 aromatic heterocycles. The zero-order valence-corrected chi connectivity index (χ0v) is 44.7. The Bertz CT molecular complexity index is 1130. The van der Waals surface area contributed by atoms with Crippen molar-refractivity contribution in [2.75, 3.05) is 110 Å². The van der Waals surface area contributed by atoms with Crippen molar-refractivity contribution in [2.45, 2.75) is 152 Å². The Hall–Kier alpha value is 0.228. The largest absolute Gasteiger partial charge is 0.500 e. The second kappa shape index (κ2) is 29.9. The summed E-state index contributed by atoms with van der Waals surface area (Å²) >= 11 is 0. The van der Waals surface area contributed by atoms with Crippen molar-refractivity contribution in [1.82, 2.24) is 0 Å². The summed E-state index contributed by atoms with van der Waals surface area (Å²) in [5.41, 5.74) is 0. The first-order chi connectivity index (χ1) is 29.9. The highest BCUT2D eigenvalue weighted by molar-refractivity contribution is 6.66. The molecule has 4 heterocycles. The lowest BCUT2D eigenvalue weighted by Gasteiger charge is -2.27. The van der Waals surface area contributed by atoms with Gasteiger partial charge in [0.05, 0.1) is 50.8 Å². The maximum atomic E-state index is 5.75. The lowest BCUT2D eigenvalue weighted by atomic mass is 9.88. The highest BCUT2D eigenvalue weighted by Crippen LogP contribution is 2.42. The molecule has 0 aromatic carbocycles. The van der Waals surface area contributed by atoms with E-state index >= 15 is 0 Å². The SMILES string of the molecule is CCO[Si](C)(CCCOCC1CO1)OCC.CO[Si](C)(CCC1CCC2OC2C1)OC.CO[Si](CCC1CCC2OC2C1)(OC)OC.CO[Si](CCCOCC1CO1)(OC)OC. The van der Waals surface area contributed by atoms with E-state index in [9.17, 15) is 0 Å². The second-order valence-corrected chi connectivity index (χ2v) is 30.4. The molecule has 6 rings (SSSR count). The highest BCUT2D eigenvalue weighted by atomic mass is 28.4. The third-order valence-corrected chi connectivity index (χ3v) is 24.4. The van der Waals surface area contributed by atoms with Crippen LogP contribution in [0.4, 0.5) is 0 Å². The van der Waals surface area contributed by atoms with Crippen molar-refractivity contribution >= 4 is 34.7 Å². The molecule has 4 aliphatic heterocycles. The van der Waals surface area contributed by atoms with Crippen molar-refractivity contribution in [3.63, 3.8) is 0 Å². The molecule has 8 unspecified atom stereocenters. The third-order valence-electron chi connectivity index (χ3n) is 12.8. The van der Waals surface area contributed by atoms with Crippen molar-refractivity contribution < 1.29 is 72.7 Å². The summed E-state index contributed by atoms with van der Waals surface area (Å²) in [6.07, 6.45) is 14.9. The fourth-order valence-corrected chi connectivity index (χ4v) is 15.6. The molecule has 0 N–H and O–H groups in total. The van der Waals surface area contributed by atoms with Gasteiger partial charge in [-0.05, 0) is 115 Å². The van der Waals surface area contributed by atoms with Crippen LogP contribution in [-0.2, 0) is 72.7 Å². The van der Waals surface area contributed by atoms with Crippen LogP contribution in [0.25, 0.3) is 0 Å². The molecule has 0 amide bonds. The summed E-state index contributed by atoms with van der Waals surface area (Å²) in [6, 6.07) is 3.81. The van der Waals surface area contributed by atoms with E-state index in [1.807, 2.05) is 13.8 Å². The van der Waals surface area contributed by atoms with E-state index in [2.05, 4.69) is 13.1 Å². The monoisotopic (exact) mass is 961 g/mol. The Morgan fingerprint density at radius 2 is 0.871 bits per heavy atom. The summed E-state index contributed by atoms with van der Waals surface area (Å²) in [7, 11) is 4.97. The molecule has 4 saturated heterocycles. The zero-order valence-electron chi connectivity index (χ0n) is 40.7. The summed E-state index contributed by atoms with van der Waals surface area (Å²) in [6.45, 7) is 14.4. The van der Waals surface area contributed by atoms with E-state index in [-0.39, 0.29) is 0 Å². The minimum atomic E-state index is -2.39. The molecule has 6 fully saturated rings. The van der Waals surface area contributed by atoms with E-state index in [1.54, 1.807) is 56.9 Å². The molecule has 0 aromatic rings. The number of fused-ring (bicyclic) bond motifs is 2. The number of epoxide rings is 4. The molecule has 16 nitrogen and oxygen atoms in total. The van der Waals surface area contributed by atoms with Gasteiger partial charge < -0.3 is 72.7 Å². The summed E-state index contributed by atoms with van der Waals surface area (Å²) in [5, 5.41) is 0. The molecule has 368 valence electrons. The average molecular weight is 961 g/mol. The summed E-state index contributed by atoms with van der Waals surface area (Å²) < 4.78 is 86.7. The number of hydrogen-bond acceptors (Lipinski definition) is 16. The average Bonchev–Trinajstić information content (AvgIpc) is 4.08. The van der Waals surface area contributed by atoms with Gasteiger partial charge in [0.1, 0.15) is 12.2 Å². The van der Waals surface area contributed by atoms with E-state index in [1.165, 1.54) is 44.9 Å². The van der Waals surface area contributed by atoms with Crippen molar-refractivity contribution in [2.24, 2.45) is 11.8 Å². The van der Waals surface area contributed by atoms with Crippen LogP contribution in [0.2, 0.25) is 37.3 Å². The predicted molar refractivity (Wildman–Crippen MR) is 245 cm³/mol. The summed E-state index contributed by atoms with van der Waals surface area (Å²) in [5.74, 6) is 1.60. The molecule has 0 bridgehead atoms. The minimum absolute atomic E-state index is 0.333. The van der Waals surface area contributed by atoms with E-state index < -0.39 is 34.7 Å². The minimum Gasteiger partial charge on any atom is -0.398 e. The Balaban J connectivity index is 0.000000220. The number of hydrogen-bond donors (Lipinski definition) is 0. The molecule has 6 aliphatic rings. The zero-order chi connectivity index (χ0) is 45.5. The van der Waals surface area contributed by atoms with E-state index in [0.29, 0.717) is 49.8 Å². The molecule has 2 saturated carbocycles. The van der Waals surface area contributed by atoms with Gasteiger partial charge in [0, 0.05) is 95.4 Å².